The van der Waals surface area contributed by atoms with Crippen molar-refractivity contribution in [2.45, 2.75) is 96.6 Å². The first-order valence-corrected chi connectivity index (χ1v) is 17.1. The van der Waals surface area contributed by atoms with Crippen LogP contribution in [0.25, 0.3) is 28.0 Å². The zero-order valence-corrected chi connectivity index (χ0v) is 29.1. The van der Waals surface area contributed by atoms with E-state index in [4.69, 9.17) is 32.5 Å². The summed E-state index contributed by atoms with van der Waals surface area (Å²) >= 11 is 0. The molecule has 3 atom stereocenters. The number of hydrogen-bond acceptors (Lipinski definition) is 9. The number of epoxide rings is 1. The molecule has 7 rings (SSSR count). The number of furan rings is 1. The van der Waals surface area contributed by atoms with Crippen LogP contribution in [-0.2, 0) is 14.2 Å². The highest BCUT2D eigenvalue weighted by Crippen LogP contribution is 2.47. The van der Waals surface area contributed by atoms with Crippen LogP contribution in [0.3, 0.4) is 0 Å². The summed E-state index contributed by atoms with van der Waals surface area (Å²) in [5.74, 6) is -0.0538. The maximum atomic E-state index is 11.6. The zero-order valence-electron chi connectivity index (χ0n) is 29.1. The molecule has 0 saturated carbocycles. The van der Waals surface area contributed by atoms with Gasteiger partial charge in [0.25, 0.3) is 0 Å². The van der Waals surface area contributed by atoms with Crippen molar-refractivity contribution in [1.82, 2.24) is 0 Å². The van der Waals surface area contributed by atoms with E-state index in [1.54, 1.807) is 18.4 Å². The maximum absolute atomic E-state index is 11.6. The van der Waals surface area contributed by atoms with Crippen molar-refractivity contribution in [1.29, 1.82) is 0 Å². The van der Waals surface area contributed by atoms with E-state index in [-0.39, 0.29) is 17.3 Å². The Labute approximate surface area is 286 Å². The molecule has 5 heterocycles. The minimum Gasteiger partial charge on any atom is -0.489 e. The van der Waals surface area contributed by atoms with Crippen LogP contribution in [0.1, 0.15) is 72.8 Å². The van der Waals surface area contributed by atoms with Gasteiger partial charge in [0.2, 0.25) is 0 Å². The third-order valence-electron chi connectivity index (χ3n) is 9.73. The van der Waals surface area contributed by atoms with Gasteiger partial charge in [0.05, 0.1) is 35.4 Å². The molecular weight excluding hydrogens is 622 g/mol. The molecule has 9 nitrogen and oxygen atoms in total. The second-order valence-corrected chi connectivity index (χ2v) is 14.4. The highest BCUT2D eigenvalue weighted by atomic mass is 16.9. The molecule has 1 unspecified atom stereocenters. The first-order valence-electron chi connectivity index (χ1n) is 17.1. The number of hydrogen-bond donors (Lipinski definition) is 1. The fourth-order valence-electron chi connectivity index (χ4n) is 6.64. The Morgan fingerprint density at radius 3 is 2.41 bits per heavy atom. The fourth-order valence-corrected chi connectivity index (χ4v) is 6.64. The molecule has 2 saturated heterocycles. The SMILES string of the molecule is C/C(=C\CNc1c2c(cc3occc13)O[C@]1(C=C2)O[C@H](CC/C(C)=C/COc2ccc3ccc(=O)oc3c2)C(C)(C)O1)CCC1OC1(C)C. The molecule has 0 bridgehead atoms. The lowest BCUT2D eigenvalue weighted by molar-refractivity contribution is -0.270. The lowest BCUT2D eigenvalue weighted by Gasteiger charge is -2.31. The van der Waals surface area contributed by atoms with Gasteiger partial charge in [-0.15, -0.1) is 0 Å². The van der Waals surface area contributed by atoms with E-state index >= 15 is 0 Å². The Morgan fingerprint density at radius 1 is 0.898 bits per heavy atom. The molecule has 3 aliphatic rings. The molecule has 0 radical (unpaired) electrons. The number of benzene rings is 2. The average Bonchev–Trinajstić information content (AvgIpc) is 3.31. The summed E-state index contributed by atoms with van der Waals surface area (Å²) < 4.78 is 42.3. The van der Waals surface area contributed by atoms with Crippen molar-refractivity contribution in [3.05, 3.63) is 94.1 Å². The number of fused-ring (bicyclic) bond motifs is 3. The summed E-state index contributed by atoms with van der Waals surface area (Å²) in [5.41, 5.74) is 4.66. The van der Waals surface area contributed by atoms with E-state index in [1.807, 2.05) is 50.3 Å². The van der Waals surface area contributed by atoms with E-state index in [2.05, 4.69) is 45.2 Å². The minimum atomic E-state index is -1.33. The molecule has 258 valence electrons. The van der Waals surface area contributed by atoms with Gasteiger partial charge in [-0.2, -0.15) is 0 Å². The van der Waals surface area contributed by atoms with E-state index in [1.165, 1.54) is 17.2 Å². The van der Waals surface area contributed by atoms with Crippen molar-refractivity contribution in [3.8, 4) is 11.5 Å². The average molecular weight is 668 g/mol. The van der Waals surface area contributed by atoms with Crippen LogP contribution in [0.2, 0.25) is 0 Å². The summed E-state index contributed by atoms with van der Waals surface area (Å²) in [6.45, 7) is 13.7. The molecular formula is C40H45NO8. The Kier molecular flexibility index (Phi) is 8.71. The van der Waals surface area contributed by atoms with E-state index in [0.29, 0.717) is 36.3 Å². The predicted molar refractivity (Wildman–Crippen MR) is 190 cm³/mol. The standard InChI is InChI=1S/C40H45NO8/c1-25(7-12-34-38(3,4)47-34)16-20-41-37-29-15-19-40(46-33(29)24-32-30(37)18-22-44-32)48-35(39(5,6)49-40)13-8-26(2)17-21-43-28-11-9-27-10-14-36(42)45-31(27)23-28/h9-11,14-19,22-24,34-35,41H,7-8,12-13,20-21H2,1-6H3/b25-16+,26-17+/t34?,35-,40-/m1/s1. The van der Waals surface area contributed by atoms with Gasteiger partial charge in [0.15, 0.2) is 0 Å². The topological polar surface area (TPSA) is 105 Å². The first-order chi connectivity index (χ1) is 23.4. The Morgan fingerprint density at radius 2 is 1.63 bits per heavy atom. The Bertz CT molecular complexity index is 2010. The van der Waals surface area contributed by atoms with Crippen LogP contribution >= 0.6 is 0 Å². The third kappa shape index (κ3) is 7.20. The Balaban J connectivity index is 0.974. The van der Waals surface area contributed by atoms with E-state index < -0.39 is 11.6 Å². The summed E-state index contributed by atoms with van der Waals surface area (Å²) in [4.78, 5) is 11.6. The zero-order chi connectivity index (χ0) is 34.4. The predicted octanol–water partition coefficient (Wildman–Crippen LogP) is 8.91. The van der Waals surface area contributed by atoms with E-state index in [9.17, 15) is 4.79 Å². The molecule has 1 N–H and O–H groups in total. The van der Waals surface area contributed by atoms with E-state index in [0.717, 1.165) is 53.3 Å². The van der Waals surface area contributed by atoms with Crippen LogP contribution in [-0.4, -0.2) is 42.5 Å². The molecule has 0 amide bonds. The Hall–Kier alpha value is -4.31. The first kappa shape index (κ1) is 33.2. The number of allylic oxidation sites excluding steroid dienone is 2. The van der Waals surface area contributed by atoms with Crippen LogP contribution in [0.15, 0.2) is 91.7 Å². The molecule has 1 spiro atoms. The van der Waals surface area contributed by atoms with Crippen molar-refractivity contribution in [2.24, 2.45) is 0 Å². The smallest absolute Gasteiger partial charge is 0.350 e. The van der Waals surface area contributed by atoms with Crippen molar-refractivity contribution < 1.29 is 32.5 Å². The second kappa shape index (κ2) is 12.9. The molecule has 49 heavy (non-hydrogen) atoms. The largest absolute Gasteiger partial charge is 0.489 e. The van der Waals surface area contributed by atoms with Crippen LogP contribution in [0, 0.1) is 0 Å². The maximum Gasteiger partial charge on any atom is 0.350 e. The van der Waals surface area contributed by atoms with Crippen molar-refractivity contribution in [3.63, 3.8) is 0 Å². The minimum absolute atomic E-state index is 0.0228. The van der Waals surface area contributed by atoms with Gasteiger partial charge in [-0.05, 0) is 104 Å². The summed E-state index contributed by atoms with van der Waals surface area (Å²) in [6, 6.07) is 12.5. The lowest BCUT2D eigenvalue weighted by atomic mass is 9.96. The monoisotopic (exact) mass is 667 g/mol. The summed E-state index contributed by atoms with van der Waals surface area (Å²) in [6.07, 6.45) is 13.6. The number of ether oxygens (including phenoxy) is 5. The number of nitrogens with one attached hydrogen (secondary N) is 1. The van der Waals surface area contributed by atoms with Gasteiger partial charge in [-0.25, -0.2) is 4.79 Å². The number of rotatable bonds is 12. The highest BCUT2D eigenvalue weighted by Gasteiger charge is 2.54. The lowest BCUT2D eigenvalue weighted by Crippen LogP contribution is -2.39. The van der Waals surface area contributed by atoms with Gasteiger partial charge in [0.1, 0.15) is 29.3 Å². The molecule has 0 aliphatic carbocycles. The summed E-state index contributed by atoms with van der Waals surface area (Å²) in [5, 5.41) is 5.45. The van der Waals surface area contributed by atoms with Gasteiger partial charge >= 0.3 is 11.6 Å². The van der Waals surface area contributed by atoms with Gasteiger partial charge in [0, 0.05) is 47.2 Å². The molecule has 3 aliphatic heterocycles. The van der Waals surface area contributed by atoms with Crippen molar-refractivity contribution in [2.75, 3.05) is 18.5 Å². The molecule has 4 aromatic rings. The molecule has 2 fully saturated rings. The molecule has 9 heteroatoms. The second-order valence-electron chi connectivity index (χ2n) is 14.4. The number of anilines is 1. The van der Waals surface area contributed by atoms with Gasteiger partial charge in [-0.1, -0.05) is 17.2 Å². The normalized spacial score (nSPS) is 24.0. The highest BCUT2D eigenvalue weighted by molar-refractivity contribution is 5.98. The van der Waals surface area contributed by atoms with Gasteiger partial charge in [-0.3, -0.25) is 0 Å². The van der Waals surface area contributed by atoms with Crippen LogP contribution < -0.4 is 20.4 Å². The summed E-state index contributed by atoms with van der Waals surface area (Å²) in [7, 11) is 0. The van der Waals surface area contributed by atoms with Gasteiger partial charge < -0.3 is 37.8 Å². The third-order valence-corrected chi connectivity index (χ3v) is 9.73. The quantitative estimate of drug-likeness (QED) is 0.0901. The fraction of sp³-hybridized carbons (Fsp3) is 0.425. The van der Waals surface area contributed by atoms with Crippen LogP contribution in [0.4, 0.5) is 5.69 Å². The van der Waals surface area contributed by atoms with Crippen molar-refractivity contribution >= 4 is 33.7 Å². The molecule has 2 aromatic heterocycles. The van der Waals surface area contributed by atoms with Crippen LogP contribution in [0.5, 0.6) is 11.5 Å². The molecule has 2 aromatic carbocycles.